The molecule has 21 heavy (non-hydrogen) atoms. The van der Waals surface area contributed by atoms with E-state index in [1.807, 2.05) is 13.0 Å². The number of carboxylic acids is 1. The van der Waals surface area contributed by atoms with Gasteiger partial charge in [0.15, 0.2) is 5.69 Å². The second-order valence-electron chi connectivity index (χ2n) is 5.22. The second kappa shape index (κ2) is 6.39. The number of hydrogen-bond donors (Lipinski definition) is 1. The first-order valence-corrected chi connectivity index (χ1v) is 6.84. The van der Waals surface area contributed by atoms with Gasteiger partial charge in [0, 0.05) is 0 Å². The van der Waals surface area contributed by atoms with Crippen LogP contribution in [0.4, 0.5) is 0 Å². The van der Waals surface area contributed by atoms with Crippen LogP contribution in [0.5, 0.6) is 5.75 Å². The van der Waals surface area contributed by atoms with Gasteiger partial charge in [-0.2, -0.15) is 0 Å². The van der Waals surface area contributed by atoms with E-state index in [1.165, 1.54) is 10.9 Å². The number of aryl methyl sites for hydroxylation is 1. The van der Waals surface area contributed by atoms with Gasteiger partial charge in [-0.25, -0.2) is 9.48 Å². The van der Waals surface area contributed by atoms with Gasteiger partial charge in [-0.3, -0.25) is 0 Å². The average molecular weight is 289 g/mol. The Morgan fingerprint density at radius 3 is 2.81 bits per heavy atom. The maximum atomic E-state index is 10.7. The molecular formula is C15H19N3O3. The summed E-state index contributed by atoms with van der Waals surface area (Å²) < 4.78 is 7.28. The fourth-order valence-corrected chi connectivity index (χ4v) is 2.00. The van der Waals surface area contributed by atoms with Crippen LogP contribution in [0, 0.1) is 6.92 Å². The summed E-state index contributed by atoms with van der Waals surface area (Å²) in [5.41, 5.74) is 2.24. The van der Waals surface area contributed by atoms with Crippen LogP contribution in [0.3, 0.4) is 0 Å². The quantitative estimate of drug-likeness (QED) is 0.884. The summed E-state index contributed by atoms with van der Waals surface area (Å²) in [6.45, 7) is 7.12. The average Bonchev–Trinajstić information content (AvgIpc) is 2.87. The monoisotopic (exact) mass is 289 g/mol. The van der Waals surface area contributed by atoms with Gasteiger partial charge in [0.05, 0.1) is 12.7 Å². The van der Waals surface area contributed by atoms with Crippen molar-refractivity contribution in [1.82, 2.24) is 15.0 Å². The second-order valence-corrected chi connectivity index (χ2v) is 5.22. The molecule has 112 valence electrons. The van der Waals surface area contributed by atoms with Crippen molar-refractivity contribution < 1.29 is 14.6 Å². The fraction of sp³-hybridized carbons (Fsp3) is 0.400. The van der Waals surface area contributed by atoms with E-state index in [4.69, 9.17) is 9.84 Å². The molecule has 0 atom stereocenters. The third-order valence-electron chi connectivity index (χ3n) is 3.13. The Kier molecular flexibility index (Phi) is 4.57. The van der Waals surface area contributed by atoms with Crippen molar-refractivity contribution >= 4 is 5.97 Å². The summed E-state index contributed by atoms with van der Waals surface area (Å²) in [5.74, 6) is 0.164. The van der Waals surface area contributed by atoms with Gasteiger partial charge in [0.25, 0.3) is 0 Å². The highest BCUT2D eigenvalue weighted by atomic mass is 16.5. The lowest BCUT2D eigenvalue weighted by atomic mass is 10.0. The van der Waals surface area contributed by atoms with E-state index in [0.29, 0.717) is 19.1 Å². The van der Waals surface area contributed by atoms with E-state index in [-0.39, 0.29) is 5.69 Å². The molecule has 0 saturated carbocycles. The largest absolute Gasteiger partial charge is 0.491 e. The number of hydrogen-bond acceptors (Lipinski definition) is 4. The van der Waals surface area contributed by atoms with Gasteiger partial charge in [-0.15, -0.1) is 5.10 Å². The first-order valence-electron chi connectivity index (χ1n) is 6.84. The van der Waals surface area contributed by atoms with Crippen molar-refractivity contribution in [1.29, 1.82) is 0 Å². The Labute approximate surface area is 123 Å². The molecule has 0 aliphatic heterocycles. The highest BCUT2D eigenvalue weighted by Gasteiger charge is 2.10. The third-order valence-corrected chi connectivity index (χ3v) is 3.13. The molecule has 0 fully saturated rings. The molecule has 0 aliphatic carbocycles. The standard InChI is InChI=1S/C15H19N3O3/c1-10(2)12-5-4-11(3)8-14(12)21-7-6-18-9-13(15(19)20)16-17-18/h4-5,8-10H,6-7H2,1-3H3,(H,19,20). The van der Waals surface area contributed by atoms with Crippen molar-refractivity contribution in [2.24, 2.45) is 0 Å². The number of aromatic nitrogens is 3. The van der Waals surface area contributed by atoms with Crippen LogP contribution >= 0.6 is 0 Å². The number of nitrogens with zero attached hydrogens (tertiary/aromatic N) is 3. The van der Waals surface area contributed by atoms with Gasteiger partial charge in [0.1, 0.15) is 12.4 Å². The molecule has 1 heterocycles. The Balaban J connectivity index is 1.99. The third kappa shape index (κ3) is 3.81. The van der Waals surface area contributed by atoms with Gasteiger partial charge in [-0.1, -0.05) is 31.2 Å². The molecule has 0 aliphatic rings. The van der Waals surface area contributed by atoms with E-state index in [2.05, 4.69) is 36.3 Å². The van der Waals surface area contributed by atoms with Crippen LogP contribution in [-0.4, -0.2) is 32.7 Å². The minimum Gasteiger partial charge on any atom is -0.491 e. The Morgan fingerprint density at radius 1 is 1.43 bits per heavy atom. The highest BCUT2D eigenvalue weighted by molar-refractivity contribution is 5.84. The first kappa shape index (κ1) is 15.0. The number of rotatable bonds is 6. The fourth-order valence-electron chi connectivity index (χ4n) is 2.00. The molecule has 2 aromatic rings. The van der Waals surface area contributed by atoms with Crippen LogP contribution in [0.2, 0.25) is 0 Å². The maximum Gasteiger partial charge on any atom is 0.358 e. The predicted molar refractivity (Wildman–Crippen MR) is 77.7 cm³/mol. The number of carbonyl (C=O) groups is 1. The van der Waals surface area contributed by atoms with E-state index >= 15 is 0 Å². The lowest BCUT2D eigenvalue weighted by Crippen LogP contribution is -2.10. The Morgan fingerprint density at radius 2 is 2.19 bits per heavy atom. The summed E-state index contributed by atoms with van der Waals surface area (Å²) >= 11 is 0. The Bertz CT molecular complexity index is 635. The van der Waals surface area contributed by atoms with E-state index in [1.54, 1.807) is 0 Å². The smallest absolute Gasteiger partial charge is 0.358 e. The number of carboxylic acid groups (broad SMARTS) is 1. The summed E-state index contributed by atoms with van der Waals surface area (Å²) in [6.07, 6.45) is 1.39. The van der Waals surface area contributed by atoms with E-state index in [0.717, 1.165) is 16.9 Å². The molecule has 0 spiro atoms. The van der Waals surface area contributed by atoms with E-state index < -0.39 is 5.97 Å². The molecule has 2 rings (SSSR count). The van der Waals surface area contributed by atoms with Crippen molar-refractivity contribution in [3.8, 4) is 5.75 Å². The van der Waals surface area contributed by atoms with Crippen LogP contribution in [-0.2, 0) is 6.54 Å². The first-order chi connectivity index (χ1) is 9.97. The van der Waals surface area contributed by atoms with E-state index in [9.17, 15) is 4.79 Å². The molecule has 0 bridgehead atoms. The van der Waals surface area contributed by atoms with Crippen molar-refractivity contribution in [2.75, 3.05) is 6.61 Å². The molecule has 1 N–H and O–H groups in total. The zero-order valence-electron chi connectivity index (χ0n) is 12.4. The zero-order chi connectivity index (χ0) is 15.4. The number of aromatic carboxylic acids is 1. The molecule has 1 aromatic carbocycles. The molecule has 0 radical (unpaired) electrons. The van der Waals surface area contributed by atoms with Gasteiger partial charge in [-0.05, 0) is 30.0 Å². The van der Waals surface area contributed by atoms with Crippen molar-refractivity contribution in [3.63, 3.8) is 0 Å². The molecule has 6 nitrogen and oxygen atoms in total. The van der Waals surface area contributed by atoms with Crippen LogP contribution in [0.25, 0.3) is 0 Å². The Hall–Kier alpha value is -2.37. The molecular weight excluding hydrogens is 270 g/mol. The van der Waals surface area contributed by atoms with Crippen LogP contribution in [0.1, 0.15) is 41.4 Å². The SMILES string of the molecule is Cc1ccc(C(C)C)c(OCCn2cc(C(=O)O)nn2)c1. The van der Waals surface area contributed by atoms with Gasteiger partial charge in [0.2, 0.25) is 0 Å². The normalized spacial score (nSPS) is 10.9. The molecule has 0 amide bonds. The van der Waals surface area contributed by atoms with Crippen molar-refractivity contribution in [3.05, 3.63) is 41.2 Å². The maximum absolute atomic E-state index is 10.7. The number of benzene rings is 1. The number of ether oxygens (including phenoxy) is 1. The van der Waals surface area contributed by atoms with Crippen LogP contribution < -0.4 is 4.74 Å². The highest BCUT2D eigenvalue weighted by Crippen LogP contribution is 2.27. The van der Waals surface area contributed by atoms with Gasteiger partial charge >= 0.3 is 5.97 Å². The minimum atomic E-state index is -1.08. The van der Waals surface area contributed by atoms with Crippen molar-refractivity contribution in [2.45, 2.75) is 33.2 Å². The molecule has 0 saturated heterocycles. The van der Waals surface area contributed by atoms with Gasteiger partial charge < -0.3 is 9.84 Å². The summed E-state index contributed by atoms with van der Waals surface area (Å²) in [7, 11) is 0. The minimum absolute atomic E-state index is 0.0616. The molecule has 6 heteroatoms. The van der Waals surface area contributed by atoms with Crippen LogP contribution in [0.15, 0.2) is 24.4 Å². The summed E-state index contributed by atoms with van der Waals surface area (Å²) in [5, 5.41) is 16.1. The zero-order valence-corrected chi connectivity index (χ0v) is 12.4. The summed E-state index contributed by atoms with van der Waals surface area (Å²) in [4.78, 5) is 10.7. The predicted octanol–water partition coefficient (Wildman–Crippen LogP) is 2.49. The topological polar surface area (TPSA) is 77.2 Å². The molecule has 1 aromatic heterocycles. The lowest BCUT2D eigenvalue weighted by molar-refractivity contribution is 0.0690. The lowest BCUT2D eigenvalue weighted by Gasteiger charge is -2.14. The summed E-state index contributed by atoms with van der Waals surface area (Å²) in [6, 6.07) is 6.16. The molecule has 0 unspecified atom stereocenters.